The first-order chi connectivity index (χ1) is 11.9. The minimum absolute atomic E-state index is 0.111. The Hall–Kier alpha value is -2.83. The van der Waals surface area contributed by atoms with Crippen LogP contribution in [-0.4, -0.2) is 39.7 Å². The number of anilines is 1. The van der Waals surface area contributed by atoms with Gasteiger partial charge in [0.05, 0.1) is 6.20 Å². The molecule has 0 bridgehead atoms. The van der Waals surface area contributed by atoms with Crippen LogP contribution < -0.4 is 11.1 Å². The van der Waals surface area contributed by atoms with Crippen molar-refractivity contribution in [1.29, 1.82) is 0 Å². The van der Waals surface area contributed by atoms with Gasteiger partial charge in [-0.25, -0.2) is 4.79 Å². The van der Waals surface area contributed by atoms with Crippen molar-refractivity contribution in [2.75, 3.05) is 18.4 Å². The summed E-state index contributed by atoms with van der Waals surface area (Å²) in [6.07, 6.45) is 5.82. The van der Waals surface area contributed by atoms with Gasteiger partial charge in [-0.3, -0.25) is 9.48 Å². The van der Waals surface area contributed by atoms with Crippen LogP contribution in [0.25, 0.3) is 0 Å². The van der Waals surface area contributed by atoms with Gasteiger partial charge < -0.3 is 16.0 Å². The van der Waals surface area contributed by atoms with E-state index in [4.69, 9.17) is 5.73 Å². The number of carbonyl (C=O) groups is 2. The van der Waals surface area contributed by atoms with Gasteiger partial charge in [0.25, 0.3) is 0 Å². The summed E-state index contributed by atoms with van der Waals surface area (Å²) in [5.41, 5.74) is 8.40. The Kier molecular flexibility index (Phi) is 4.74. The molecule has 1 aliphatic heterocycles. The monoisotopic (exact) mass is 341 g/mol. The van der Waals surface area contributed by atoms with Crippen LogP contribution in [0.1, 0.15) is 27.9 Å². The van der Waals surface area contributed by atoms with E-state index in [2.05, 4.69) is 10.4 Å². The first kappa shape index (κ1) is 17.0. The van der Waals surface area contributed by atoms with Crippen LogP contribution in [0.4, 0.5) is 10.5 Å². The van der Waals surface area contributed by atoms with Crippen LogP contribution in [0.2, 0.25) is 0 Å². The number of aryl methyl sites for hydroxylation is 2. The highest BCUT2D eigenvalue weighted by Gasteiger charge is 2.26. The first-order valence-electron chi connectivity index (χ1n) is 8.36. The lowest BCUT2D eigenvalue weighted by atomic mass is 10.0. The molecule has 3 rings (SSSR count). The maximum atomic E-state index is 12.5. The molecule has 3 N–H and O–H groups in total. The Labute approximate surface area is 146 Å². The zero-order valence-corrected chi connectivity index (χ0v) is 14.5. The number of hydrogen-bond donors (Lipinski definition) is 2. The molecule has 1 atom stereocenters. The molecule has 0 saturated carbocycles. The van der Waals surface area contributed by atoms with E-state index in [0.717, 1.165) is 31.5 Å². The van der Waals surface area contributed by atoms with Crippen molar-refractivity contribution in [2.24, 2.45) is 18.7 Å². The Balaban J connectivity index is 1.57. The third-order valence-corrected chi connectivity index (χ3v) is 4.60. The number of nitrogens with zero attached hydrogens (tertiary/aromatic N) is 3. The average molecular weight is 341 g/mol. The number of urea groups is 1. The lowest BCUT2D eigenvalue weighted by Gasteiger charge is -2.18. The van der Waals surface area contributed by atoms with Gasteiger partial charge in [0.1, 0.15) is 0 Å². The highest BCUT2D eigenvalue weighted by atomic mass is 16.2. The summed E-state index contributed by atoms with van der Waals surface area (Å²) >= 11 is 0. The number of carbonyl (C=O) groups excluding carboxylic acids is 2. The van der Waals surface area contributed by atoms with Crippen molar-refractivity contribution in [3.05, 3.63) is 47.3 Å². The Morgan fingerprint density at radius 3 is 2.84 bits per heavy atom. The molecule has 0 spiro atoms. The number of rotatable bonds is 4. The van der Waals surface area contributed by atoms with E-state index >= 15 is 0 Å². The van der Waals surface area contributed by atoms with E-state index < -0.39 is 5.91 Å². The van der Waals surface area contributed by atoms with Crippen molar-refractivity contribution in [3.8, 4) is 0 Å². The van der Waals surface area contributed by atoms with E-state index in [0.29, 0.717) is 17.2 Å². The van der Waals surface area contributed by atoms with Crippen molar-refractivity contribution >= 4 is 17.6 Å². The fraction of sp³-hybridized carbons (Fsp3) is 0.389. The first-order valence-corrected chi connectivity index (χ1v) is 8.36. The van der Waals surface area contributed by atoms with Gasteiger partial charge in [-0.15, -0.1) is 0 Å². The van der Waals surface area contributed by atoms with Crippen LogP contribution in [0, 0.1) is 12.8 Å². The second-order valence-electron chi connectivity index (χ2n) is 6.65. The molecular formula is C18H23N5O2. The number of aromatic nitrogens is 2. The molecule has 1 aromatic carbocycles. The van der Waals surface area contributed by atoms with Crippen LogP contribution in [0.3, 0.4) is 0 Å². The molecule has 0 aliphatic carbocycles. The summed E-state index contributed by atoms with van der Waals surface area (Å²) in [5.74, 6) is -0.0120. The molecular weight excluding hydrogens is 318 g/mol. The summed E-state index contributed by atoms with van der Waals surface area (Å²) in [5, 5.41) is 7.08. The third kappa shape index (κ3) is 3.99. The zero-order chi connectivity index (χ0) is 18.0. The van der Waals surface area contributed by atoms with Crippen LogP contribution in [0.15, 0.2) is 30.6 Å². The van der Waals surface area contributed by atoms with Crippen LogP contribution >= 0.6 is 0 Å². The van der Waals surface area contributed by atoms with Crippen molar-refractivity contribution in [2.45, 2.75) is 19.8 Å². The number of nitrogens with one attached hydrogen (secondary N) is 1. The number of benzene rings is 1. The molecule has 3 amide bonds. The minimum Gasteiger partial charge on any atom is -0.366 e. The summed E-state index contributed by atoms with van der Waals surface area (Å²) in [7, 11) is 1.91. The van der Waals surface area contributed by atoms with Gasteiger partial charge in [-0.2, -0.15) is 5.10 Å². The fourth-order valence-electron chi connectivity index (χ4n) is 3.31. The number of primary amides is 1. The van der Waals surface area contributed by atoms with E-state index in [1.54, 1.807) is 29.8 Å². The summed E-state index contributed by atoms with van der Waals surface area (Å²) in [6, 6.07) is 5.00. The highest BCUT2D eigenvalue weighted by Crippen LogP contribution is 2.22. The Morgan fingerprint density at radius 2 is 2.20 bits per heavy atom. The van der Waals surface area contributed by atoms with Crippen molar-refractivity contribution < 1.29 is 9.59 Å². The summed E-state index contributed by atoms with van der Waals surface area (Å²) in [6.45, 7) is 3.28. The second kappa shape index (κ2) is 6.96. The molecule has 1 aromatic heterocycles. The van der Waals surface area contributed by atoms with Crippen LogP contribution in [0.5, 0.6) is 0 Å². The topological polar surface area (TPSA) is 93.2 Å². The number of nitrogens with two attached hydrogens (primary N) is 1. The van der Waals surface area contributed by atoms with Gasteiger partial charge >= 0.3 is 6.03 Å². The van der Waals surface area contributed by atoms with E-state index in [-0.39, 0.29) is 6.03 Å². The average Bonchev–Trinajstić information content (AvgIpc) is 3.16. The molecule has 1 saturated heterocycles. The zero-order valence-electron chi connectivity index (χ0n) is 14.5. The lowest BCUT2D eigenvalue weighted by molar-refractivity contribution is 0.0999. The molecule has 0 radical (unpaired) electrons. The maximum Gasteiger partial charge on any atom is 0.321 e. The molecule has 132 valence electrons. The number of hydrogen-bond acceptors (Lipinski definition) is 3. The van der Waals surface area contributed by atoms with Gasteiger partial charge in [-0.05, 0) is 55.0 Å². The number of amides is 3. The van der Waals surface area contributed by atoms with Crippen molar-refractivity contribution in [1.82, 2.24) is 14.7 Å². The third-order valence-electron chi connectivity index (χ3n) is 4.60. The smallest absolute Gasteiger partial charge is 0.321 e. The molecule has 2 aromatic rings. The van der Waals surface area contributed by atoms with E-state index in [1.807, 2.05) is 24.3 Å². The SMILES string of the molecule is Cc1cc(NC(=O)N2CC[C@H](Cc3cnn(C)c3)C2)ccc1C(N)=O. The molecule has 1 fully saturated rings. The largest absolute Gasteiger partial charge is 0.366 e. The minimum atomic E-state index is -0.465. The predicted octanol–water partition coefficient (Wildman–Crippen LogP) is 1.92. The van der Waals surface area contributed by atoms with E-state index in [1.165, 1.54) is 5.56 Å². The predicted molar refractivity (Wildman–Crippen MR) is 95.3 cm³/mol. The summed E-state index contributed by atoms with van der Waals surface area (Å²) in [4.78, 5) is 25.6. The van der Waals surface area contributed by atoms with Gasteiger partial charge in [0, 0.05) is 37.6 Å². The summed E-state index contributed by atoms with van der Waals surface area (Å²) < 4.78 is 1.80. The highest BCUT2D eigenvalue weighted by molar-refractivity contribution is 5.96. The molecule has 7 nitrogen and oxygen atoms in total. The van der Waals surface area contributed by atoms with Gasteiger partial charge in [-0.1, -0.05) is 0 Å². The molecule has 7 heteroatoms. The lowest BCUT2D eigenvalue weighted by Crippen LogP contribution is -2.33. The van der Waals surface area contributed by atoms with Crippen molar-refractivity contribution in [3.63, 3.8) is 0 Å². The maximum absolute atomic E-state index is 12.5. The van der Waals surface area contributed by atoms with Gasteiger partial charge in [0.15, 0.2) is 0 Å². The molecule has 2 heterocycles. The number of likely N-dealkylation sites (tertiary alicyclic amines) is 1. The fourth-order valence-corrected chi connectivity index (χ4v) is 3.31. The molecule has 25 heavy (non-hydrogen) atoms. The molecule has 0 unspecified atom stereocenters. The van der Waals surface area contributed by atoms with Crippen LogP contribution in [-0.2, 0) is 13.5 Å². The van der Waals surface area contributed by atoms with Gasteiger partial charge in [0.2, 0.25) is 5.91 Å². The second-order valence-corrected chi connectivity index (χ2v) is 6.65. The van der Waals surface area contributed by atoms with E-state index in [9.17, 15) is 9.59 Å². The Bertz CT molecular complexity index is 799. The standard InChI is InChI=1S/C18H23N5O2/c1-12-7-15(3-4-16(12)17(19)24)21-18(25)23-6-5-13(11-23)8-14-9-20-22(2)10-14/h3-4,7,9-10,13H,5-6,8,11H2,1-2H3,(H2,19,24)(H,21,25)/t13-/m1/s1. The molecule has 1 aliphatic rings. The quantitative estimate of drug-likeness (QED) is 0.890. The Morgan fingerprint density at radius 1 is 1.40 bits per heavy atom. The normalized spacial score (nSPS) is 16.9.